The number of anilines is 2. The first kappa shape index (κ1) is 18.9. The number of nitrogens with zero attached hydrogens (tertiary/aromatic N) is 4. The predicted molar refractivity (Wildman–Crippen MR) is 98.8 cm³/mol. The van der Waals surface area contributed by atoms with Crippen molar-refractivity contribution < 1.29 is 13.5 Å². The standard InChI is InChI=1S/C18H22F2N6O/c1-11(2)27-16-7-12(13(21)9-23-16)17(22)14-8-15(25-10-24-14)26-5-3-18(19,20)4-6-26/h7-11,22H,3-6,21H2,1-2H3. The van der Waals surface area contributed by atoms with Gasteiger partial charge < -0.3 is 15.4 Å². The SMILES string of the molecule is CC(C)Oc1cc(C(=N)c2cc(N3CCC(F)(F)CC3)ncn2)c(N)cn1. The van der Waals surface area contributed by atoms with Crippen molar-refractivity contribution >= 4 is 17.2 Å². The maximum atomic E-state index is 13.4. The van der Waals surface area contributed by atoms with Crippen molar-refractivity contribution in [1.82, 2.24) is 15.0 Å². The summed E-state index contributed by atoms with van der Waals surface area (Å²) in [6.07, 6.45) is 2.28. The van der Waals surface area contributed by atoms with E-state index in [1.54, 1.807) is 17.0 Å². The summed E-state index contributed by atoms with van der Waals surface area (Å²) in [5.41, 5.74) is 7.19. The second kappa shape index (κ2) is 7.42. The lowest BCUT2D eigenvalue weighted by molar-refractivity contribution is -0.0221. The molecule has 1 saturated heterocycles. The number of ether oxygens (including phenoxy) is 1. The smallest absolute Gasteiger partial charge is 0.251 e. The van der Waals surface area contributed by atoms with Gasteiger partial charge in [-0.3, -0.25) is 5.41 Å². The molecule has 1 fully saturated rings. The van der Waals surface area contributed by atoms with Gasteiger partial charge in [0, 0.05) is 43.6 Å². The minimum Gasteiger partial charge on any atom is -0.475 e. The van der Waals surface area contributed by atoms with Crippen LogP contribution in [0.1, 0.15) is 37.9 Å². The molecular formula is C18H22F2N6O. The number of hydrogen-bond donors (Lipinski definition) is 2. The van der Waals surface area contributed by atoms with Crippen molar-refractivity contribution in [2.24, 2.45) is 0 Å². The number of nitrogen functional groups attached to an aromatic ring is 1. The Morgan fingerprint density at radius 2 is 1.93 bits per heavy atom. The van der Waals surface area contributed by atoms with Crippen LogP contribution in [-0.4, -0.2) is 45.8 Å². The highest BCUT2D eigenvalue weighted by Crippen LogP contribution is 2.30. The van der Waals surface area contributed by atoms with Gasteiger partial charge in [0.05, 0.1) is 29.4 Å². The molecule has 3 rings (SSSR count). The van der Waals surface area contributed by atoms with Crippen LogP contribution >= 0.6 is 0 Å². The third-order valence-electron chi connectivity index (χ3n) is 4.26. The van der Waals surface area contributed by atoms with Crippen LogP contribution in [0.5, 0.6) is 5.88 Å². The second-order valence-electron chi connectivity index (χ2n) is 6.76. The zero-order valence-electron chi connectivity index (χ0n) is 15.2. The molecule has 2 aromatic heterocycles. The maximum absolute atomic E-state index is 13.4. The molecule has 0 aromatic carbocycles. The third-order valence-corrected chi connectivity index (χ3v) is 4.26. The van der Waals surface area contributed by atoms with Crippen molar-refractivity contribution in [3.8, 4) is 5.88 Å². The monoisotopic (exact) mass is 376 g/mol. The summed E-state index contributed by atoms with van der Waals surface area (Å²) >= 11 is 0. The van der Waals surface area contributed by atoms with Gasteiger partial charge in [0.1, 0.15) is 12.1 Å². The van der Waals surface area contributed by atoms with Crippen LogP contribution in [0, 0.1) is 5.41 Å². The van der Waals surface area contributed by atoms with Crippen molar-refractivity contribution in [2.45, 2.75) is 38.7 Å². The Morgan fingerprint density at radius 3 is 2.59 bits per heavy atom. The van der Waals surface area contributed by atoms with Gasteiger partial charge in [-0.15, -0.1) is 0 Å². The third kappa shape index (κ3) is 4.47. The summed E-state index contributed by atoms with van der Waals surface area (Å²) in [5.74, 6) is -1.74. The zero-order chi connectivity index (χ0) is 19.6. The van der Waals surface area contributed by atoms with E-state index in [2.05, 4.69) is 15.0 Å². The Morgan fingerprint density at radius 1 is 1.22 bits per heavy atom. The van der Waals surface area contributed by atoms with E-state index in [0.29, 0.717) is 28.6 Å². The van der Waals surface area contributed by atoms with Crippen molar-refractivity contribution in [3.05, 3.63) is 35.9 Å². The average Bonchev–Trinajstić information content (AvgIpc) is 2.62. The van der Waals surface area contributed by atoms with Crippen molar-refractivity contribution in [2.75, 3.05) is 23.7 Å². The highest BCUT2D eigenvalue weighted by Gasteiger charge is 2.34. The van der Waals surface area contributed by atoms with E-state index in [-0.39, 0.29) is 37.7 Å². The fourth-order valence-electron chi connectivity index (χ4n) is 2.83. The highest BCUT2D eigenvalue weighted by atomic mass is 19.3. The average molecular weight is 376 g/mol. The molecule has 0 radical (unpaired) electrons. The quantitative estimate of drug-likeness (QED) is 0.778. The van der Waals surface area contributed by atoms with Crippen LogP contribution in [0.4, 0.5) is 20.3 Å². The van der Waals surface area contributed by atoms with E-state index in [4.69, 9.17) is 15.9 Å². The number of pyridine rings is 1. The first-order valence-corrected chi connectivity index (χ1v) is 8.71. The lowest BCUT2D eigenvalue weighted by Crippen LogP contribution is -2.39. The van der Waals surface area contributed by atoms with Crippen LogP contribution in [0.15, 0.2) is 24.7 Å². The maximum Gasteiger partial charge on any atom is 0.251 e. The van der Waals surface area contributed by atoms with Crippen LogP contribution in [-0.2, 0) is 0 Å². The molecule has 0 bridgehead atoms. The molecule has 27 heavy (non-hydrogen) atoms. The van der Waals surface area contributed by atoms with Crippen molar-refractivity contribution in [3.63, 3.8) is 0 Å². The van der Waals surface area contributed by atoms with Gasteiger partial charge in [0.2, 0.25) is 5.88 Å². The van der Waals surface area contributed by atoms with Gasteiger partial charge >= 0.3 is 0 Å². The van der Waals surface area contributed by atoms with Gasteiger partial charge in [-0.05, 0) is 13.8 Å². The van der Waals surface area contributed by atoms with Gasteiger partial charge in [-0.25, -0.2) is 23.7 Å². The van der Waals surface area contributed by atoms with Gasteiger partial charge in [0.25, 0.3) is 5.92 Å². The molecule has 144 valence electrons. The van der Waals surface area contributed by atoms with E-state index in [9.17, 15) is 8.78 Å². The van der Waals surface area contributed by atoms with Gasteiger partial charge in [0.15, 0.2) is 0 Å². The van der Waals surface area contributed by atoms with Crippen LogP contribution in [0.3, 0.4) is 0 Å². The Balaban J connectivity index is 1.84. The second-order valence-corrected chi connectivity index (χ2v) is 6.76. The molecule has 0 aliphatic carbocycles. The van der Waals surface area contributed by atoms with Gasteiger partial charge in [-0.2, -0.15) is 0 Å². The lowest BCUT2D eigenvalue weighted by atomic mass is 10.1. The number of piperidine rings is 1. The molecule has 0 atom stereocenters. The summed E-state index contributed by atoms with van der Waals surface area (Å²) in [5, 5.41) is 8.47. The predicted octanol–water partition coefficient (Wildman–Crippen LogP) is 2.89. The molecule has 3 heterocycles. The first-order valence-electron chi connectivity index (χ1n) is 8.71. The number of hydrogen-bond acceptors (Lipinski definition) is 7. The highest BCUT2D eigenvalue weighted by molar-refractivity contribution is 6.13. The van der Waals surface area contributed by atoms with Crippen LogP contribution < -0.4 is 15.4 Å². The summed E-state index contributed by atoms with van der Waals surface area (Å²) in [7, 11) is 0. The summed E-state index contributed by atoms with van der Waals surface area (Å²) in [6, 6.07) is 3.22. The Bertz CT molecular complexity index is 832. The molecule has 1 aliphatic rings. The normalized spacial score (nSPS) is 16.4. The van der Waals surface area contributed by atoms with Crippen molar-refractivity contribution in [1.29, 1.82) is 5.41 Å². The van der Waals surface area contributed by atoms with E-state index in [1.165, 1.54) is 12.5 Å². The van der Waals surface area contributed by atoms with E-state index < -0.39 is 5.92 Å². The minimum absolute atomic E-state index is 0.0639. The molecule has 0 amide bonds. The van der Waals surface area contributed by atoms with Crippen LogP contribution in [0.2, 0.25) is 0 Å². The minimum atomic E-state index is -2.63. The molecular weight excluding hydrogens is 354 g/mol. The number of nitrogens with one attached hydrogen (secondary N) is 1. The Hall–Kier alpha value is -2.84. The summed E-state index contributed by atoms with van der Waals surface area (Å²) in [6.45, 7) is 4.17. The number of rotatable bonds is 5. The summed E-state index contributed by atoms with van der Waals surface area (Å²) in [4.78, 5) is 14.2. The molecule has 0 saturated carbocycles. The fraction of sp³-hybridized carbons (Fsp3) is 0.444. The van der Waals surface area contributed by atoms with Gasteiger partial charge in [-0.1, -0.05) is 0 Å². The molecule has 0 unspecified atom stereocenters. The van der Waals surface area contributed by atoms with E-state index in [1.807, 2.05) is 13.8 Å². The molecule has 0 spiro atoms. The molecule has 2 aromatic rings. The lowest BCUT2D eigenvalue weighted by Gasteiger charge is -2.32. The Kier molecular flexibility index (Phi) is 5.20. The number of alkyl halides is 2. The van der Waals surface area contributed by atoms with E-state index in [0.717, 1.165) is 0 Å². The van der Waals surface area contributed by atoms with Crippen LogP contribution in [0.25, 0.3) is 0 Å². The Labute approximate surface area is 156 Å². The number of nitrogens with two attached hydrogens (primary N) is 1. The first-order chi connectivity index (χ1) is 12.7. The largest absolute Gasteiger partial charge is 0.475 e. The van der Waals surface area contributed by atoms with E-state index >= 15 is 0 Å². The zero-order valence-corrected chi connectivity index (χ0v) is 15.2. The molecule has 3 N–H and O–H groups in total. The summed E-state index contributed by atoms with van der Waals surface area (Å²) < 4.78 is 32.3. The topological polar surface area (TPSA) is 101 Å². The molecule has 9 heteroatoms. The number of halogens is 2. The fourth-order valence-corrected chi connectivity index (χ4v) is 2.83. The number of aromatic nitrogens is 3. The molecule has 7 nitrogen and oxygen atoms in total. The molecule has 1 aliphatic heterocycles.